The highest BCUT2D eigenvalue weighted by Gasteiger charge is 2.11. The number of benzene rings is 2. The highest BCUT2D eigenvalue weighted by atomic mass is 35.5. The summed E-state index contributed by atoms with van der Waals surface area (Å²) in [7, 11) is 0. The molecule has 0 aliphatic rings. The minimum Gasteiger partial charge on any atom is -0.376 e. The summed E-state index contributed by atoms with van der Waals surface area (Å²) in [6, 6.07) is 14.7. The van der Waals surface area contributed by atoms with Crippen molar-refractivity contribution in [2.24, 2.45) is 0 Å². The van der Waals surface area contributed by atoms with Gasteiger partial charge in [0.15, 0.2) is 0 Å². The number of hydrogen-bond acceptors (Lipinski definition) is 3. The number of hydrogen-bond donors (Lipinski definition) is 2. The second-order valence-electron chi connectivity index (χ2n) is 5.57. The summed E-state index contributed by atoms with van der Waals surface area (Å²) in [6.07, 6.45) is 0. The molecule has 2 rings (SSSR count). The summed E-state index contributed by atoms with van der Waals surface area (Å²) in [5.74, 6) is -0.171. The topological polar surface area (TPSA) is 61.4 Å². The van der Waals surface area contributed by atoms with Gasteiger partial charge in [0, 0.05) is 25.7 Å². The molecule has 6 heteroatoms. The molecule has 0 aromatic heterocycles. The molecule has 2 N–H and O–H groups in total. The van der Waals surface area contributed by atoms with Gasteiger partial charge >= 0.3 is 0 Å². The molecule has 0 saturated heterocycles. The second kappa shape index (κ2) is 9.08. The summed E-state index contributed by atoms with van der Waals surface area (Å²) in [5, 5.41) is 6.40. The SMILES string of the molecule is CCN(Cc1ccccc1NCC(=O)Nc1ccccc1Cl)C(C)=O. The predicted molar refractivity (Wildman–Crippen MR) is 102 cm³/mol. The van der Waals surface area contributed by atoms with Gasteiger partial charge in [-0.3, -0.25) is 9.59 Å². The molecule has 0 heterocycles. The van der Waals surface area contributed by atoms with E-state index in [-0.39, 0.29) is 18.4 Å². The van der Waals surface area contributed by atoms with Gasteiger partial charge in [0.25, 0.3) is 0 Å². The first-order valence-corrected chi connectivity index (χ1v) is 8.50. The van der Waals surface area contributed by atoms with Gasteiger partial charge in [0.05, 0.1) is 17.3 Å². The van der Waals surface area contributed by atoms with E-state index in [0.29, 0.717) is 23.8 Å². The van der Waals surface area contributed by atoms with Crippen LogP contribution >= 0.6 is 11.6 Å². The molecule has 0 spiro atoms. The lowest BCUT2D eigenvalue weighted by molar-refractivity contribution is -0.129. The molecule has 0 saturated carbocycles. The average Bonchev–Trinajstić information content (AvgIpc) is 2.60. The van der Waals surface area contributed by atoms with Gasteiger partial charge in [0.2, 0.25) is 11.8 Å². The Labute approximate surface area is 153 Å². The summed E-state index contributed by atoms with van der Waals surface area (Å²) < 4.78 is 0. The Balaban J connectivity index is 2.00. The van der Waals surface area contributed by atoms with Crippen molar-refractivity contribution in [1.82, 2.24) is 4.90 Å². The zero-order chi connectivity index (χ0) is 18.2. The molecule has 0 aliphatic carbocycles. The predicted octanol–water partition coefficient (Wildman–Crippen LogP) is 3.76. The second-order valence-corrected chi connectivity index (χ2v) is 5.98. The third-order valence-electron chi connectivity index (χ3n) is 3.79. The van der Waals surface area contributed by atoms with E-state index in [4.69, 9.17) is 11.6 Å². The van der Waals surface area contributed by atoms with Gasteiger partial charge in [-0.2, -0.15) is 0 Å². The number of carbonyl (C=O) groups excluding carboxylic acids is 2. The van der Waals surface area contributed by atoms with Crippen LogP contribution in [-0.4, -0.2) is 29.8 Å². The number of amides is 2. The van der Waals surface area contributed by atoms with Crippen molar-refractivity contribution in [1.29, 1.82) is 0 Å². The number of halogens is 1. The molecule has 0 atom stereocenters. The lowest BCUT2D eigenvalue weighted by Crippen LogP contribution is -2.28. The maximum absolute atomic E-state index is 12.1. The van der Waals surface area contributed by atoms with Crippen molar-refractivity contribution in [3.05, 3.63) is 59.1 Å². The van der Waals surface area contributed by atoms with Crippen LogP contribution in [0.1, 0.15) is 19.4 Å². The van der Waals surface area contributed by atoms with E-state index in [1.165, 1.54) is 0 Å². The fourth-order valence-electron chi connectivity index (χ4n) is 2.41. The van der Waals surface area contributed by atoms with Crippen LogP contribution in [0.3, 0.4) is 0 Å². The minimum atomic E-state index is -0.193. The standard InChI is InChI=1S/C19H22ClN3O2/c1-3-23(14(2)24)13-15-8-4-6-10-17(15)21-12-19(25)22-18-11-7-5-9-16(18)20/h4-11,21H,3,12-13H2,1-2H3,(H,22,25). The fourth-order valence-corrected chi connectivity index (χ4v) is 2.60. The van der Waals surface area contributed by atoms with Crippen molar-refractivity contribution in [2.45, 2.75) is 20.4 Å². The van der Waals surface area contributed by atoms with Crippen molar-refractivity contribution in [3.8, 4) is 0 Å². The monoisotopic (exact) mass is 359 g/mol. The molecule has 0 aliphatic heterocycles. The van der Waals surface area contributed by atoms with Gasteiger partial charge in [-0.05, 0) is 30.7 Å². The molecular formula is C19H22ClN3O2. The lowest BCUT2D eigenvalue weighted by Gasteiger charge is -2.21. The Kier molecular flexibility index (Phi) is 6.83. The zero-order valence-corrected chi connectivity index (χ0v) is 15.1. The van der Waals surface area contributed by atoms with Crippen LogP contribution < -0.4 is 10.6 Å². The van der Waals surface area contributed by atoms with Crippen molar-refractivity contribution in [3.63, 3.8) is 0 Å². The molecule has 2 aromatic rings. The third-order valence-corrected chi connectivity index (χ3v) is 4.12. The maximum atomic E-state index is 12.1. The number of rotatable bonds is 7. The molecule has 0 radical (unpaired) electrons. The summed E-state index contributed by atoms with van der Waals surface area (Å²) in [6.45, 7) is 4.73. The van der Waals surface area contributed by atoms with Crippen LogP contribution in [0.4, 0.5) is 11.4 Å². The van der Waals surface area contributed by atoms with Gasteiger partial charge < -0.3 is 15.5 Å². The first-order chi connectivity index (χ1) is 12.0. The number of para-hydroxylation sites is 2. The third kappa shape index (κ3) is 5.50. The summed E-state index contributed by atoms with van der Waals surface area (Å²) >= 11 is 6.04. The highest BCUT2D eigenvalue weighted by Crippen LogP contribution is 2.21. The molecule has 2 amide bonds. The summed E-state index contributed by atoms with van der Waals surface area (Å²) in [5.41, 5.74) is 2.37. The van der Waals surface area contributed by atoms with Gasteiger partial charge in [0.1, 0.15) is 0 Å². The number of nitrogens with one attached hydrogen (secondary N) is 2. The van der Waals surface area contributed by atoms with E-state index in [1.54, 1.807) is 30.0 Å². The molecule has 5 nitrogen and oxygen atoms in total. The molecular weight excluding hydrogens is 338 g/mol. The lowest BCUT2D eigenvalue weighted by atomic mass is 10.1. The van der Waals surface area contributed by atoms with Gasteiger partial charge in [-0.1, -0.05) is 41.9 Å². The van der Waals surface area contributed by atoms with E-state index in [0.717, 1.165) is 11.3 Å². The quantitative estimate of drug-likeness (QED) is 0.791. The van der Waals surface area contributed by atoms with Crippen LogP contribution in [0, 0.1) is 0 Å². The molecule has 132 valence electrons. The molecule has 0 fully saturated rings. The van der Waals surface area contributed by atoms with Crippen molar-refractivity contribution < 1.29 is 9.59 Å². The van der Waals surface area contributed by atoms with Crippen LogP contribution in [-0.2, 0) is 16.1 Å². The Morgan fingerprint density at radius 2 is 1.68 bits per heavy atom. The number of carbonyl (C=O) groups is 2. The Morgan fingerprint density at radius 1 is 1.04 bits per heavy atom. The first-order valence-electron chi connectivity index (χ1n) is 8.13. The zero-order valence-electron chi connectivity index (χ0n) is 14.4. The van der Waals surface area contributed by atoms with Crippen molar-refractivity contribution >= 4 is 34.8 Å². The van der Waals surface area contributed by atoms with E-state index in [1.807, 2.05) is 37.3 Å². The van der Waals surface area contributed by atoms with E-state index >= 15 is 0 Å². The van der Waals surface area contributed by atoms with Crippen molar-refractivity contribution in [2.75, 3.05) is 23.7 Å². The van der Waals surface area contributed by atoms with Gasteiger partial charge in [-0.25, -0.2) is 0 Å². The smallest absolute Gasteiger partial charge is 0.243 e. The van der Waals surface area contributed by atoms with Crippen LogP contribution in [0.25, 0.3) is 0 Å². The molecule has 2 aromatic carbocycles. The van der Waals surface area contributed by atoms with E-state index in [2.05, 4.69) is 10.6 Å². The normalized spacial score (nSPS) is 10.2. The fraction of sp³-hybridized carbons (Fsp3) is 0.263. The Morgan fingerprint density at radius 3 is 2.32 bits per heavy atom. The first kappa shape index (κ1) is 18.8. The Hall–Kier alpha value is -2.53. The van der Waals surface area contributed by atoms with E-state index in [9.17, 15) is 9.59 Å². The average molecular weight is 360 g/mol. The Bertz CT molecular complexity index is 749. The molecule has 25 heavy (non-hydrogen) atoms. The number of nitrogens with zero attached hydrogens (tertiary/aromatic N) is 1. The minimum absolute atomic E-state index is 0.0220. The van der Waals surface area contributed by atoms with E-state index < -0.39 is 0 Å². The maximum Gasteiger partial charge on any atom is 0.243 e. The number of anilines is 2. The van der Waals surface area contributed by atoms with Gasteiger partial charge in [-0.15, -0.1) is 0 Å². The molecule has 0 unspecified atom stereocenters. The highest BCUT2D eigenvalue weighted by molar-refractivity contribution is 6.33. The van der Waals surface area contributed by atoms with Crippen LogP contribution in [0.15, 0.2) is 48.5 Å². The summed E-state index contributed by atoms with van der Waals surface area (Å²) in [4.78, 5) is 25.5. The molecule has 0 bridgehead atoms. The van der Waals surface area contributed by atoms with Crippen LogP contribution in [0.2, 0.25) is 5.02 Å². The van der Waals surface area contributed by atoms with Crippen LogP contribution in [0.5, 0.6) is 0 Å². The largest absolute Gasteiger partial charge is 0.376 e.